The molecular formula is C14H23NO2S. The summed E-state index contributed by atoms with van der Waals surface area (Å²) in [5, 5.41) is 3.52. The monoisotopic (exact) mass is 269 g/mol. The summed E-state index contributed by atoms with van der Waals surface area (Å²) in [4.78, 5) is 22.3. The van der Waals surface area contributed by atoms with Crippen LogP contribution in [0.1, 0.15) is 39.5 Å². The largest absolute Gasteiger partial charge is 0.348 e. The van der Waals surface area contributed by atoms with Gasteiger partial charge in [-0.25, -0.2) is 0 Å². The maximum atomic E-state index is 11.4. The summed E-state index contributed by atoms with van der Waals surface area (Å²) in [5.74, 6) is 1.79. The average Bonchev–Trinajstić information content (AvgIpc) is 2.66. The van der Waals surface area contributed by atoms with E-state index in [1.54, 1.807) is 6.92 Å². The molecular weight excluding hydrogens is 246 g/mol. The van der Waals surface area contributed by atoms with Gasteiger partial charge in [0.1, 0.15) is 5.78 Å². The number of ketones is 1. The summed E-state index contributed by atoms with van der Waals surface area (Å²) >= 11 is 1.94. The smallest absolute Gasteiger partial charge is 0.243 e. The molecule has 18 heavy (non-hydrogen) atoms. The zero-order chi connectivity index (χ0) is 13.5. The molecule has 2 unspecified atom stereocenters. The Labute approximate surface area is 114 Å². The number of unbranched alkanes of at least 4 members (excludes halogenated alkanes) is 1. The van der Waals surface area contributed by atoms with Gasteiger partial charge >= 0.3 is 0 Å². The van der Waals surface area contributed by atoms with Crippen molar-refractivity contribution in [3.8, 4) is 0 Å². The molecule has 0 aromatic heterocycles. The molecule has 0 aliphatic carbocycles. The third-order valence-electron chi connectivity index (χ3n) is 3.35. The van der Waals surface area contributed by atoms with E-state index in [4.69, 9.17) is 0 Å². The van der Waals surface area contributed by atoms with Crippen molar-refractivity contribution >= 4 is 23.5 Å². The van der Waals surface area contributed by atoms with Gasteiger partial charge in [0.2, 0.25) is 5.91 Å². The number of carbonyl (C=O) groups excluding carboxylic acids is 2. The first-order valence-electron chi connectivity index (χ1n) is 6.58. The number of hydrogen-bond donors (Lipinski definition) is 1. The van der Waals surface area contributed by atoms with E-state index in [0.717, 1.165) is 25.0 Å². The molecule has 0 aromatic rings. The highest BCUT2D eigenvalue weighted by atomic mass is 32.2. The van der Waals surface area contributed by atoms with Crippen LogP contribution in [-0.4, -0.2) is 28.7 Å². The zero-order valence-corrected chi connectivity index (χ0v) is 12.1. The van der Waals surface area contributed by atoms with E-state index < -0.39 is 0 Å². The highest BCUT2D eigenvalue weighted by molar-refractivity contribution is 8.00. The van der Waals surface area contributed by atoms with Gasteiger partial charge in [-0.15, -0.1) is 0 Å². The average molecular weight is 269 g/mol. The van der Waals surface area contributed by atoms with Crippen molar-refractivity contribution in [3.05, 3.63) is 12.7 Å². The molecule has 0 bridgehead atoms. The van der Waals surface area contributed by atoms with E-state index in [-0.39, 0.29) is 17.7 Å². The summed E-state index contributed by atoms with van der Waals surface area (Å²) < 4.78 is 0. The summed E-state index contributed by atoms with van der Waals surface area (Å²) in [6, 6.07) is 0.248. The Morgan fingerprint density at radius 3 is 2.78 bits per heavy atom. The SMILES string of the molecule is C=CC(=O)N[C@@H]1C(C)CSC1CCCCC(C)=O. The molecule has 3 atom stereocenters. The molecule has 1 heterocycles. The Kier molecular flexibility index (Phi) is 6.47. The van der Waals surface area contributed by atoms with E-state index in [2.05, 4.69) is 18.8 Å². The second kappa shape index (κ2) is 7.62. The minimum absolute atomic E-state index is 0.0805. The lowest BCUT2D eigenvalue weighted by atomic mass is 9.97. The quantitative estimate of drug-likeness (QED) is 0.571. The third kappa shape index (κ3) is 4.84. The van der Waals surface area contributed by atoms with Crippen LogP contribution < -0.4 is 5.32 Å². The third-order valence-corrected chi connectivity index (χ3v) is 5.02. The van der Waals surface area contributed by atoms with Crippen LogP contribution in [0.4, 0.5) is 0 Å². The van der Waals surface area contributed by atoms with Crippen molar-refractivity contribution in [2.24, 2.45) is 5.92 Å². The van der Waals surface area contributed by atoms with Gasteiger partial charge in [0.05, 0.1) is 0 Å². The van der Waals surface area contributed by atoms with Gasteiger partial charge in [-0.05, 0) is 37.5 Å². The summed E-state index contributed by atoms with van der Waals surface area (Å²) in [7, 11) is 0. The fraction of sp³-hybridized carbons (Fsp3) is 0.714. The van der Waals surface area contributed by atoms with E-state index in [1.165, 1.54) is 6.08 Å². The van der Waals surface area contributed by atoms with Crippen LogP contribution in [0.3, 0.4) is 0 Å². The second-order valence-electron chi connectivity index (χ2n) is 5.04. The second-order valence-corrected chi connectivity index (χ2v) is 6.31. The molecule has 3 nitrogen and oxygen atoms in total. The molecule has 0 spiro atoms. The topological polar surface area (TPSA) is 46.2 Å². The normalized spacial score (nSPS) is 26.9. The van der Waals surface area contributed by atoms with Crippen molar-refractivity contribution in [3.63, 3.8) is 0 Å². The molecule has 0 aromatic carbocycles. The maximum absolute atomic E-state index is 11.4. The Balaban J connectivity index is 2.36. The van der Waals surface area contributed by atoms with Gasteiger partial charge in [-0.3, -0.25) is 4.79 Å². The van der Waals surface area contributed by atoms with Crippen LogP contribution in [0.5, 0.6) is 0 Å². The van der Waals surface area contributed by atoms with Crippen molar-refractivity contribution in [1.82, 2.24) is 5.32 Å². The number of amides is 1. The maximum Gasteiger partial charge on any atom is 0.243 e. The molecule has 0 radical (unpaired) electrons. The van der Waals surface area contributed by atoms with Crippen molar-refractivity contribution in [2.45, 2.75) is 50.8 Å². The Morgan fingerprint density at radius 1 is 1.44 bits per heavy atom. The van der Waals surface area contributed by atoms with Crippen LogP contribution in [0.15, 0.2) is 12.7 Å². The zero-order valence-electron chi connectivity index (χ0n) is 11.3. The van der Waals surface area contributed by atoms with E-state index in [1.807, 2.05) is 11.8 Å². The van der Waals surface area contributed by atoms with Gasteiger partial charge < -0.3 is 10.1 Å². The van der Waals surface area contributed by atoms with Crippen LogP contribution >= 0.6 is 11.8 Å². The molecule has 1 saturated heterocycles. The molecule has 102 valence electrons. The van der Waals surface area contributed by atoms with Crippen LogP contribution in [0.25, 0.3) is 0 Å². The fourth-order valence-electron chi connectivity index (χ4n) is 2.29. The van der Waals surface area contributed by atoms with Gasteiger partial charge in [-0.2, -0.15) is 11.8 Å². The predicted molar refractivity (Wildman–Crippen MR) is 76.7 cm³/mol. The van der Waals surface area contributed by atoms with Gasteiger partial charge in [0.25, 0.3) is 0 Å². The Morgan fingerprint density at radius 2 is 2.17 bits per heavy atom. The van der Waals surface area contributed by atoms with Crippen LogP contribution in [0.2, 0.25) is 0 Å². The lowest BCUT2D eigenvalue weighted by molar-refractivity contribution is -0.118. The van der Waals surface area contributed by atoms with Gasteiger partial charge in [0.15, 0.2) is 0 Å². The molecule has 1 amide bonds. The number of carbonyl (C=O) groups is 2. The first-order valence-corrected chi connectivity index (χ1v) is 7.63. The van der Waals surface area contributed by atoms with Crippen LogP contribution in [0, 0.1) is 5.92 Å². The number of nitrogens with one attached hydrogen (secondary N) is 1. The lowest BCUT2D eigenvalue weighted by Gasteiger charge is -2.22. The van der Waals surface area contributed by atoms with E-state index in [0.29, 0.717) is 17.6 Å². The summed E-state index contributed by atoms with van der Waals surface area (Å²) in [5.41, 5.74) is 0. The highest BCUT2D eigenvalue weighted by Crippen LogP contribution is 2.34. The van der Waals surface area contributed by atoms with Crippen LogP contribution in [-0.2, 0) is 9.59 Å². The summed E-state index contributed by atoms with van der Waals surface area (Å²) in [6.07, 6.45) is 5.11. The fourth-order valence-corrected chi connectivity index (χ4v) is 3.92. The van der Waals surface area contributed by atoms with Crippen molar-refractivity contribution in [1.29, 1.82) is 0 Å². The minimum atomic E-state index is -0.0805. The molecule has 1 N–H and O–H groups in total. The molecule has 0 saturated carbocycles. The first-order chi connectivity index (χ1) is 8.54. The van der Waals surface area contributed by atoms with Gasteiger partial charge in [-0.1, -0.05) is 19.9 Å². The molecule has 1 aliphatic heterocycles. The standard InChI is InChI=1S/C14H23NO2S/c1-4-13(17)15-14-10(2)9-18-12(14)8-6-5-7-11(3)16/h4,10,12,14H,1,5-9H2,2-3H3,(H,15,17)/t10?,12?,14-/m1/s1. The van der Waals surface area contributed by atoms with E-state index >= 15 is 0 Å². The minimum Gasteiger partial charge on any atom is -0.348 e. The Hall–Kier alpha value is -0.770. The van der Waals surface area contributed by atoms with Crippen molar-refractivity contribution < 1.29 is 9.59 Å². The van der Waals surface area contributed by atoms with Crippen molar-refractivity contribution in [2.75, 3.05) is 5.75 Å². The number of hydrogen-bond acceptors (Lipinski definition) is 3. The lowest BCUT2D eigenvalue weighted by Crippen LogP contribution is -2.42. The number of Topliss-reactive ketones (excluding diaryl/α,β-unsaturated/α-hetero) is 1. The molecule has 4 heteroatoms. The predicted octanol–water partition coefficient (Wildman–Crippen LogP) is 2.56. The number of rotatable bonds is 7. The molecule has 1 rings (SSSR count). The van der Waals surface area contributed by atoms with E-state index in [9.17, 15) is 9.59 Å². The first kappa shape index (κ1) is 15.3. The summed E-state index contributed by atoms with van der Waals surface area (Å²) in [6.45, 7) is 7.31. The Bertz CT molecular complexity index is 317. The highest BCUT2D eigenvalue weighted by Gasteiger charge is 2.34. The van der Waals surface area contributed by atoms with Gasteiger partial charge in [0, 0.05) is 17.7 Å². The molecule has 1 aliphatic rings. The molecule has 1 fully saturated rings. The number of thioether (sulfide) groups is 1.